The van der Waals surface area contributed by atoms with Crippen molar-refractivity contribution >= 4 is 11.9 Å². The lowest BCUT2D eigenvalue weighted by Gasteiger charge is -1.93. The Kier molecular flexibility index (Phi) is 4.90. The summed E-state index contributed by atoms with van der Waals surface area (Å²) >= 11 is 1.55. The largest absolute Gasteiger partial charge is 0.337 e. The van der Waals surface area contributed by atoms with Gasteiger partial charge in [0.25, 0.3) is 0 Å². The van der Waals surface area contributed by atoms with E-state index in [2.05, 4.69) is 4.72 Å². The summed E-state index contributed by atoms with van der Waals surface area (Å²) in [6, 6.07) is 0.148. The molecule has 0 fully saturated rings. The Morgan fingerprint density at radius 2 is 2.38 bits per heavy atom. The quantitative estimate of drug-likeness (QED) is 0.555. The lowest BCUT2D eigenvalue weighted by Crippen LogP contribution is -2.11. The molecule has 0 aliphatic rings. The first-order chi connectivity index (χ1) is 3.77. The van der Waals surface area contributed by atoms with Gasteiger partial charge in [-0.15, -0.1) is 0 Å². The predicted molar refractivity (Wildman–Crippen MR) is 39.4 cm³/mol. The molecule has 8 heavy (non-hydrogen) atoms. The van der Waals surface area contributed by atoms with E-state index in [0.29, 0.717) is 0 Å². The second-order valence-electron chi connectivity index (χ2n) is 1.54. The molecular weight excluding hydrogens is 120 g/mol. The zero-order valence-electron chi connectivity index (χ0n) is 5.22. The van der Waals surface area contributed by atoms with Gasteiger partial charge in [0.05, 0.1) is 0 Å². The summed E-state index contributed by atoms with van der Waals surface area (Å²) in [6.45, 7) is 1.93. The summed E-state index contributed by atoms with van der Waals surface area (Å²) in [7, 11) is 0. The summed E-state index contributed by atoms with van der Waals surface area (Å²) in [4.78, 5) is 0. The van der Waals surface area contributed by atoms with Gasteiger partial charge in [0, 0.05) is 18.5 Å². The normalized spacial score (nSPS) is 14.4. The van der Waals surface area contributed by atoms with Crippen LogP contribution in [-0.4, -0.2) is 12.3 Å². The van der Waals surface area contributed by atoms with E-state index in [9.17, 15) is 0 Å². The van der Waals surface area contributed by atoms with Crippen molar-refractivity contribution in [1.82, 2.24) is 4.72 Å². The maximum atomic E-state index is 5.40. The van der Waals surface area contributed by atoms with Gasteiger partial charge in [0.2, 0.25) is 0 Å². The van der Waals surface area contributed by atoms with Crippen LogP contribution >= 0.6 is 11.9 Å². The second-order valence-corrected chi connectivity index (χ2v) is 2.18. The van der Waals surface area contributed by atoms with Gasteiger partial charge in [-0.1, -0.05) is 18.0 Å². The first-order valence-corrected chi connectivity index (χ1v) is 3.70. The van der Waals surface area contributed by atoms with Crippen LogP contribution in [0.4, 0.5) is 0 Å². The van der Waals surface area contributed by atoms with Crippen molar-refractivity contribution in [2.24, 2.45) is 5.73 Å². The van der Waals surface area contributed by atoms with Gasteiger partial charge in [-0.3, -0.25) is 0 Å². The van der Waals surface area contributed by atoms with Crippen LogP contribution in [0.15, 0.2) is 12.3 Å². The van der Waals surface area contributed by atoms with Crippen LogP contribution in [0, 0.1) is 0 Å². The molecule has 0 radical (unpaired) electrons. The molecule has 1 unspecified atom stereocenters. The van der Waals surface area contributed by atoms with E-state index in [4.69, 9.17) is 5.73 Å². The first kappa shape index (κ1) is 7.85. The summed E-state index contributed by atoms with van der Waals surface area (Å²) in [5.41, 5.74) is 5.40. The molecule has 0 aromatic rings. The van der Waals surface area contributed by atoms with Gasteiger partial charge >= 0.3 is 0 Å². The highest BCUT2D eigenvalue weighted by molar-refractivity contribution is 7.96. The molecule has 0 aliphatic carbocycles. The van der Waals surface area contributed by atoms with Crippen molar-refractivity contribution in [3.8, 4) is 0 Å². The summed E-state index contributed by atoms with van der Waals surface area (Å²) < 4.78 is 2.94. The Labute approximate surface area is 54.7 Å². The molecule has 48 valence electrons. The Hall–Kier alpha value is -0.150. The summed E-state index contributed by atoms with van der Waals surface area (Å²) in [5, 5.41) is 0. The third kappa shape index (κ3) is 5.85. The third-order valence-electron chi connectivity index (χ3n) is 0.586. The van der Waals surface area contributed by atoms with Crippen LogP contribution in [0.25, 0.3) is 0 Å². The highest BCUT2D eigenvalue weighted by Crippen LogP contribution is 1.82. The molecule has 0 saturated carbocycles. The van der Waals surface area contributed by atoms with E-state index in [-0.39, 0.29) is 6.04 Å². The molecule has 0 amide bonds. The Balaban J connectivity index is 3.07. The van der Waals surface area contributed by atoms with Crippen molar-refractivity contribution in [3.63, 3.8) is 0 Å². The fourth-order valence-electron chi connectivity index (χ4n) is 0.259. The molecule has 0 rings (SSSR count). The van der Waals surface area contributed by atoms with E-state index < -0.39 is 0 Å². The maximum absolute atomic E-state index is 5.40. The first-order valence-electron chi connectivity index (χ1n) is 2.48. The van der Waals surface area contributed by atoms with Gasteiger partial charge < -0.3 is 10.5 Å². The van der Waals surface area contributed by atoms with E-state index in [0.717, 1.165) is 0 Å². The molecule has 0 aromatic carbocycles. The Morgan fingerprint density at radius 3 is 2.75 bits per heavy atom. The van der Waals surface area contributed by atoms with E-state index >= 15 is 0 Å². The van der Waals surface area contributed by atoms with Crippen LogP contribution in [0.5, 0.6) is 0 Å². The van der Waals surface area contributed by atoms with E-state index in [1.807, 2.05) is 25.5 Å². The number of nitrogens with two attached hydrogens (primary N) is 1. The maximum Gasteiger partial charge on any atom is 0.0212 e. The Morgan fingerprint density at radius 1 is 1.75 bits per heavy atom. The van der Waals surface area contributed by atoms with Crippen molar-refractivity contribution in [3.05, 3.63) is 12.3 Å². The second kappa shape index (κ2) is 5.00. The van der Waals surface area contributed by atoms with E-state index in [1.54, 1.807) is 11.9 Å². The predicted octanol–water partition coefficient (Wildman–Crippen LogP) is 0.715. The fraction of sp³-hybridized carbons (Fsp3) is 0.600. The minimum Gasteiger partial charge on any atom is -0.337 e. The van der Waals surface area contributed by atoms with Crippen molar-refractivity contribution in [1.29, 1.82) is 0 Å². The van der Waals surface area contributed by atoms with Crippen molar-refractivity contribution < 1.29 is 0 Å². The monoisotopic (exact) mass is 132 g/mol. The number of nitrogens with one attached hydrogen (secondary N) is 1. The summed E-state index contributed by atoms with van der Waals surface area (Å²) in [6.07, 6.45) is 5.71. The molecule has 0 heterocycles. The fourth-order valence-corrected chi connectivity index (χ4v) is 0.474. The van der Waals surface area contributed by atoms with Gasteiger partial charge in [0.1, 0.15) is 0 Å². The lowest BCUT2D eigenvalue weighted by molar-refractivity contribution is 0.920. The molecule has 0 spiro atoms. The van der Waals surface area contributed by atoms with Crippen molar-refractivity contribution in [2.45, 2.75) is 13.0 Å². The zero-order chi connectivity index (χ0) is 6.41. The highest BCUT2D eigenvalue weighted by Gasteiger charge is 1.79. The van der Waals surface area contributed by atoms with E-state index in [1.165, 1.54) is 0 Å². The van der Waals surface area contributed by atoms with Gasteiger partial charge in [0.15, 0.2) is 0 Å². The van der Waals surface area contributed by atoms with Crippen LogP contribution in [-0.2, 0) is 0 Å². The van der Waals surface area contributed by atoms with Gasteiger partial charge in [-0.05, 0) is 6.92 Å². The Bertz CT molecular complexity index is 70.8. The SMILES string of the molecule is CSN/C=C\C(C)N. The molecule has 0 bridgehead atoms. The number of rotatable bonds is 3. The molecule has 1 atom stereocenters. The van der Waals surface area contributed by atoms with Crippen LogP contribution in [0.2, 0.25) is 0 Å². The number of hydrogen-bond acceptors (Lipinski definition) is 3. The molecule has 3 heteroatoms. The highest BCUT2D eigenvalue weighted by atomic mass is 32.2. The molecule has 0 aromatic heterocycles. The molecular formula is C5H12N2S. The minimum absolute atomic E-state index is 0.148. The van der Waals surface area contributed by atoms with Crippen molar-refractivity contribution in [2.75, 3.05) is 6.26 Å². The molecule has 2 nitrogen and oxygen atoms in total. The third-order valence-corrected chi connectivity index (χ3v) is 0.957. The van der Waals surface area contributed by atoms with Gasteiger partial charge in [-0.25, -0.2) is 0 Å². The standard InChI is InChI=1S/C5H12N2S/c1-5(6)3-4-7-8-2/h3-5,7H,6H2,1-2H3/b4-3-. The van der Waals surface area contributed by atoms with Crippen LogP contribution in [0.3, 0.4) is 0 Å². The lowest BCUT2D eigenvalue weighted by atomic mass is 10.4. The minimum atomic E-state index is 0.148. The van der Waals surface area contributed by atoms with Gasteiger partial charge in [-0.2, -0.15) is 0 Å². The topological polar surface area (TPSA) is 38.0 Å². The molecule has 0 aliphatic heterocycles. The molecule has 3 N–H and O–H groups in total. The average molecular weight is 132 g/mol. The summed E-state index contributed by atoms with van der Waals surface area (Å²) in [5.74, 6) is 0. The smallest absolute Gasteiger partial charge is 0.0212 e. The van der Waals surface area contributed by atoms with Crippen LogP contribution in [0.1, 0.15) is 6.92 Å². The average Bonchev–Trinajstić information content (AvgIpc) is 1.66. The number of hydrogen-bond donors (Lipinski definition) is 2. The van der Waals surface area contributed by atoms with Crippen LogP contribution < -0.4 is 10.5 Å². The zero-order valence-corrected chi connectivity index (χ0v) is 6.03. The molecule has 0 saturated heterocycles.